The second-order valence-corrected chi connectivity index (χ2v) is 8.71. The Morgan fingerprint density at radius 3 is 2.93 bits per heavy atom. The summed E-state index contributed by atoms with van der Waals surface area (Å²) in [7, 11) is 0. The van der Waals surface area contributed by atoms with Crippen LogP contribution in [0.15, 0.2) is 52.2 Å². The molecule has 0 fully saturated rings. The van der Waals surface area contributed by atoms with Crippen molar-refractivity contribution in [3.05, 3.63) is 75.8 Å². The molecule has 1 N–H and O–H groups in total. The van der Waals surface area contributed by atoms with Crippen molar-refractivity contribution in [2.75, 3.05) is 6.54 Å². The van der Waals surface area contributed by atoms with E-state index >= 15 is 0 Å². The van der Waals surface area contributed by atoms with Gasteiger partial charge in [-0.15, -0.1) is 11.3 Å². The first-order chi connectivity index (χ1) is 13.1. The number of thiazole rings is 1. The van der Waals surface area contributed by atoms with Crippen molar-refractivity contribution in [3.8, 4) is 5.75 Å². The van der Waals surface area contributed by atoms with Gasteiger partial charge in [0.25, 0.3) is 5.91 Å². The van der Waals surface area contributed by atoms with Crippen LogP contribution in [0.2, 0.25) is 0 Å². The molecule has 0 radical (unpaired) electrons. The second kappa shape index (κ2) is 7.74. The van der Waals surface area contributed by atoms with Gasteiger partial charge in [0.15, 0.2) is 0 Å². The summed E-state index contributed by atoms with van der Waals surface area (Å²) in [6.45, 7) is 3.23. The number of benzene rings is 2. The molecular weight excluding hydrogens is 376 g/mol. The average Bonchev–Trinajstić information content (AvgIpc) is 3.10. The van der Waals surface area contributed by atoms with Crippen LogP contribution < -0.4 is 0 Å². The van der Waals surface area contributed by atoms with Crippen LogP contribution in [0.4, 0.5) is 0 Å². The number of rotatable bonds is 4. The predicted molar refractivity (Wildman–Crippen MR) is 109 cm³/mol. The summed E-state index contributed by atoms with van der Waals surface area (Å²) in [6, 6.07) is 13.2. The molecule has 2 aromatic carbocycles. The van der Waals surface area contributed by atoms with Crippen molar-refractivity contribution in [3.63, 3.8) is 0 Å². The van der Waals surface area contributed by atoms with Crippen LogP contribution in [0.3, 0.4) is 0 Å². The quantitative estimate of drug-likeness (QED) is 0.653. The molecule has 4 nitrogen and oxygen atoms in total. The molecule has 0 spiro atoms. The molecule has 1 aliphatic rings. The lowest BCUT2D eigenvalue weighted by molar-refractivity contribution is 0.0733. The van der Waals surface area contributed by atoms with Gasteiger partial charge >= 0.3 is 0 Å². The van der Waals surface area contributed by atoms with E-state index in [1.807, 2.05) is 47.5 Å². The molecule has 0 aliphatic carbocycles. The molecule has 0 atom stereocenters. The Morgan fingerprint density at radius 2 is 2.11 bits per heavy atom. The summed E-state index contributed by atoms with van der Waals surface area (Å²) >= 11 is 3.30. The van der Waals surface area contributed by atoms with E-state index in [2.05, 4.69) is 4.98 Å². The summed E-state index contributed by atoms with van der Waals surface area (Å²) in [5.41, 5.74) is 5.05. The normalized spacial score (nSPS) is 13.4. The maximum atomic E-state index is 13.2. The summed E-state index contributed by atoms with van der Waals surface area (Å²) in [5, 5.41) is 11.8. The van der Waals surface area contributed by atoms with E-state index in [9.17, 15) is 9.90 Å². The molecule has 1 amide bonds. The number of thioether (sulfide) groups is 1. The molecule has 0 saturated heterocycles. The smallest absolute Gasteiger partial charge is 0.254 e. The van der Waals surface area contributed by atoms with E-state index < -0.39 is 0 Å². The van der Waals surface area contributed by atoms with Crippen LogP contribution in [0.25, 0.3) is 0 Å². The number of hydrogen-bond donors (Lipinski definition) is 1. The van der Waals surface area contributed by atoms with Crippen LogP contribution >= 0.6 is 23.1 Å². The number of nitrogens with zero attached hydrogens (tertiary/aromatic N) is 2. The number of fused-ring (bicyclic) bond motifs is 1. The highest BCUT2D eigenvalue weighted by Gasteiger charge is 2.23. The van der Waals surface area contributed by atoms with E-state index in [1.165, 1.54) is 5.56 Å². The number of aromatic nitrogens is 1. The average molecular weight is 397 g/mol. The lowest BCUT2D eigenvalue weighted by atomic mass is 9.98. The Labute approximate surface area is 166 Å². The summed E-state index contributed by atoms with van der Waals surface area (Å²) in [5.74, 6) is 1.02. The molecular formula is C21H20N2O2S2. The van der Waals surface area contributed by atoms with Gasteiger partial charge < -0.3 is 10.0 Å². The number of hydrogen-bond acceptors (Lipinski definition) is 5. The van der Waals surface area contributed by atoms with Crippen LogP contribution in [0.1, 0.15) is 32.7 Å². The standard InChI is InChI=1S/C21H20N2O2S2/c1-14-12-26-21(22-14)27-13-16-4-2-3-5-19(16)20(25)23-9-8-15-6-7-18(24)10-17(15)11-23/h2-7,10,12,24H,8-9,11,13H2,1H3. The van der Waals surface area contributed by atoms with Crippen molar-refractivity contribution in [2.24, 2.45) is 0 Å². The molecule has 2 heterocycles. The SMILES string of the molecule is Cc1csc(SCc2ccccc2C(=O)N2CCc3ccc(O)cc3C2)n1. The van der Waals surface area contributed by atoms with Crippen molar-refractivity contribution in [1.29, 1.82) is 0 Å². The third-order valence-electron chi connectivity index (χ3n) is 4.69. The largest absolute Gasteiger partial charge is 0.508 e. The lowest BCUT2D eigenvalue weighted by Gasteiger charge is -2.29. The molecule has 0 saturated carbocycles. The molecule has 3 aromatic rings. The Bertz CT molecular complexity index is 984. The Kier molecular flexibility index (Phi) is 5.18. The molecule has 4 rings (SSSR count). The maximum absolute atomic E-state index is 13.2. The summed E-state index contributed by atoms with van der Waals surface area (Å²) in [4.78, 5) is 19.5. The third kappa shape index (κ3) is 4.01. The Morgan fingerprint density at radius 1 is 1.26 bits per heavy atom. The minimum absolute atomic E-state index is 0.0514. The lowest BCUT2D eigenvalue weighted by Crippen LogP contribution is -2.36. The Balaban J connectivity index is 1.52. The molecule has 1 aliphatic heterocycles. The topological polar surface area (TPSA) is 53.4 Å². The van der Waals surface area contributed by atoms with Gasteiger partial charge in [-0.25, -0.2) is 4.98 Å². The number of phenols is 1. The van der Waals surface area contributed by atoms with Gasteiger partial charge in [0.05, 0.1) is 0 Å². The zero-order valence-electron chi connectivity index (χ0n) is 15.0. The predicted octanol–water partition coefficient (Wildman–Crippen LogP) is 4.65. The van der Waals surface area contributed by atoms with Gasteiger partial charge in [0.2, 0.25) is 0 Å². The Hall–Kier alpha value is -2.31. The number of aryl methyl sites for hydroxylation is 1. The monoisotopic (exact) mass is 396 g/mol. The molecule has 0 unspecified atom stereocenters. The van der Waals surface area contributed by atoms with Gasteiger partial charge in [-0.05, 0) is 48.2 Å². The van der Waals surface area contributed by atoms with Gasteiger partial charge in [-0.3, -0.25) is 4.79 Å². The van der Waals surface area contributed by atoms with E-state index in [1.54, 1.807) is 35.2 Å². The number of phenolic OH excluding ortho intramolecular Hbond substituents is 1. The highest BCUT2D eigenvalue weighted by Crippen LogP contribution is 2.29. The minimum Gasteiger partial charge on any atom is -0.508 e. The van der Waals surface area contributed by atoms with E-state index in [0.717, 1.165) is 38.9 Å². The minimum atomic E-state index is 0.0514. The molecule has 27 heavy (non-hydrogen) atoms. The zero-order chi connectivity index (χ0) is 18.8. The molecule has 6 heteroatoms. The molecule has 138 valence electrons. The van der Waals surface area contributed by atoms with E-state index in [-0.39, 0.29) is 11.7 Å². The van der Waals surface area contributed by atoms with Crippen molar-refractivity contribution in [1.82, 2.24) is 9.88 Å². The van der Waals surface area contributed by atoms with E-state index in [0.29, 0.717) is 13.1 Å². The first kappa shape index (κ1) is 18.1. The highest BCUT2D eigenvalue weighted by molar-refractivity contribution is 8.00. The van der Waals surface area contributed by atoms with Crippen LogP contribution in [0.5, 0.6) is 5.75 Å². The first-order valence-corrected chi connectivity index (χ1v) is 10.7. The third-order valence-corrected chi connectivity index (χ3v) is 6.87. The molecule has 0 bridgehead atoms. The van der Waals surface area contributed by atoms with Crippen molar-refractivity contribution < 1.29 is 9.90 Å². The van der Waals surface area contributed by atoms with Gasteiger partial charge in [0.1, 0.15) is 10.1 Å². The van der Waals surface area contributed by atoms with Gasteiger partial charge in [-0.2, -0.15) is 0 Å². The van der Waals surface area contributed by atoms with E-state index in [4.69, 9.17) is 0 Å². The van der Waals surface area contributed by atoms with Crippen LogP contribution in [-0.4, -0.2) is 27.4 Å². The summed E-state index contributed by atoms with van der Waals surface area (Å²) in [6.07, 6.45) is 0.816. The zero-order valence-corrected chi connectivity index (χ0v) is 16.6. The fraction of sp³-hybridized carbons (Fsp3) is 0.238. The van der Waals surface area contributed by atoms with Crippen LogP contribution in [0, 0.1) is 6.92 Å². The number of aromatic hydroxyl groups is 1. The van der Waals surface area contributed by atoms with Gasteiger partial charge in [-0.1, -0.05) is 36.0 Å². The fourth-order valence-electron chi connectivity index (χ4n) is 3.28. The van der Waals surface area contributed by atoms with Crippen LogP contribution in [-0.2, 0) is 18.7 Å². The number of amides is 1. The highest BCUT2D eigenvalue weighted by atomic mass is 32.2. The van der Waals surface area contributed by atoms with Crippen molar-refractivity contribution >= 4 is 29.0 Å². The number of carbonyl (C=O) groups excluding carboxylic acids is 1. The number of carbonyl (C=O) groups is 1. The molecule has 1 aromatic heterocycles. The fourth-order valence-corrected chi connectivity index (χ4v) is 5.13. The summed E-state index contributed by atoms with van der Waals surface area (Å²) < 4.78 is 1.03. The first-order valence-electron chi connectivity index (χ1n) is 8.83. The van der Waals surface area contributed by atoms with Gasteiger partial charge in [0, 0.05) is 35.5 Å². The second-order valence-electron chi connectivity index (χ2n) is 6.63. The maximum Gasteiger partial charge on any atom is 0.254 e. The van der Waals surface area contributed by atoms with Crippen molar-refractivity contribution in [2.45, 2.75) is 30.0 Å².